The number of hydrogen-bond acceptors (Lipinski definition) is 5. The SMILES string of the molecule is O=S(=O)(N=CC1CC(CCN2CCN(c3cccc4sccc34)CC2)C1)C1CC1. The quantitative estimate of drug-likeness (QED) is 0.622. The fraction of sp³-hybridized carbons (Fsp3) is 0.591. The Morgan fingerprint density at radius 1 is 1.10 bits per heavy atom. The third kappa shape index (κ3) is 4.37. The van der Waals surface area contributed by atoms with Gasteiger partial charge >= 0.3 is 0 Å². The standard InChI is InChI=1S/C22H29N3O2S2/c26-29(27,19-4-5-19)23-16-18-14-17(15-18)6-8-24-9-11-25(12-10-24)21-2-1-3-22-20(21)7-13-28-22/h1-3,7,13,16-19H,4-6,8-12,14-15H2. The van der Waals surface area contributed by atoms with E-state index >= 15 is 0 Å². The largest absolute Gasteiger partial charge is 0.368 e. The second kappa shape index (κ2) is 8.00. The van der Waals surface area contributed by atoms with Crippen LogP contribution >= 0.6 is 11.3 Å². The minimum absolute atomic E-state index is 0.181. The van der Waals surface area contributed by atoms with Crippen molar-refractivity contribution in [2.75, 3.05) is 37.6 Å². The van der Waals surface area contributed by atoms with Gasteiger partial charge in [-0.2, -0.15) is 4.40 Å². The van der Waals surface area contributed by atoms with Crippen molar-refractivity contribution in [1.29, 1.82) is 0 Å². The van der Waals surface area contributed by atoms with Gasteiger partial charge in [-0.3, -0.25) is 4.90 Å². The molecule has 5 rings (SSSR count). The van der Waals surface area contributed by atoms with E-state index in [0.717, 1.165) is 64.3 Å². The van der Waals surface area contributed by atoms with Crippen LogP contribution < -0.4 is 4.90 Å². The topological polar surface area (TPSA) is 53.0 Å². The first-order valence-electron chi connectivity index (χ1n) is 10.8. The number of nitrogens with zero attached hydrogens (tertiary/aromatic N) is 3. The van der Waals surface area contributed by atoms with Crippen LogP contribution in [-0.2, 0) is 10.0 Å². The monoisotopic (exact) mass is 431 g/mol. The fourth-order valence-electron chi connectivity index (χ4n) is 4.60. The van der Waals surface area contributed by atoms with Gasteiger partial charge in [0.25, 0.3) is 10.0 Å². The average molecular weight is 432 g/mol. The van der Waals surface area contributed by atoms with Crippen LogP contribution in [0.25, 0.3) is 10.1 Å². The van der Waals surface area contributed by atoms with Crippen LogP contribution in [0.15, 0.2) is 34.0 Å². The predicted molar refractivity (Wildman–Crippen MR) is 122 cm³/mol. The molecular weight excluding hydrogens is 402 g/mol. The molecule has 7 heteroatoms. The van der Waals surface area contributed by atoms with E-state index in [0.29, 0.717) is 5.92 Å². The Morgan fingerprint density at radius 2 is 1.90 bits per heavy atom. The van der Waals surface area contributed by atoms with E-state index in [1.54, 1.807) is 6.21 Å². The molecule has 29 heavy (non-hydrogen) atoms. The molecule has 2 aliphatic carbocycles. The van der Waals surface area contributed by atoms with Crippen molar-refractivity contribution in [2.24, 2.45) is 16.2 Å². The maximum absolute atomic E-state index is 11.8. The lowest BCUT2D eigenvalue weighted by Crippen LogP contribution is -2.47. The van der Waals surface area contributed by atoms with Gasteiger partial charge in [0.2, 0.25) is 0 Å². The van der Waals surface area contributed by atoms with Gasteiger partial charge < -0.3 is 4.90 Å². The van der Waals surface area contributed by atoms with Gasteiger partial charge in [0.05, 0.1) is 5.25 Å². The number of thiophene rings is 1. The molecule has 0 spiro atoms. The van der Waals surface area contributed by atoms with Gasteiger partial charge in [0, 0.05) is 48.2 Å². The van der Waals surface area contributed by atoms with E-state index in [4.69, 9.17) is 0 Å². The Balaban J connectivity index is 1.04. The summed E-state index contributed by atoms with van der Waals surface area (Å²) in [5.74, 6) is 1.10. The van der Waals surface area contributed by atoms with Crippen molar-refractivity contribution in [3.05, 3.63) is 29.6 Å². The Labute approximate surface area is 177 Å². The first-order chi connectivity index (χ1) is 14.1. The molecule has 0 unspecified atom stereocenters. The number of fused-ring (bicyclic) bond motifs is 1. The number of rotatable bonds is 7. The van der Waals surface area contributed by atoms with Crippen molar-refractivity contribution in [3.63, 3.8) is 0 Å². The molecule has 0 bridgehead atoms. The number of hydrogen-bond donors (Lipinski definition) is 0. The summed E-state index contributed by atoms with van der Waals surface area (Å²) in [7, 11) is -3.19. The number of anilines is 1. The van der Waals surface area contributed by atoms with Crippen LogP contribution in [-0.4, -0.2) is 57.5 Å². The van der Waals surface area contributed by atoms with Crippen LogP contribution in [0.5, 0.6) is 0 Å². The van der Waals surface area contributed by atoms with Crippen molar-refractivity contribution in [2.45, 2.75) is 37.4 Å². The molecule has 2 heterocycles. The highest BCUT2D eigenvalue weighted by Crippen LogP contribution is 2.36. The van der Waals surface area contributed by atoms with Crippen molar-refractivity contribution in [3.8, 4) is 0 Å². The van der Waals surface area contributed by atoms with Gasteiger partial charge in [-0.15, -0.1) is 11.3 Å². The Morgan fingerprint density at radius 3 is 2.66 bits per heavy atom. The highest BCUT2D eigenvalue weighted by atomic mass is 32.2. The van der Waals surface area contributed by atoms with Gasteiger partial charge in [0.15, 0.2) is 0 Å². The number of benzene rings is 1. The number of piperazine rings is 1. The molecule has 0 amide bonds. The molecule has 1 aliphatic heterocycles. The van der Waals surface area contributed by atoms with Gasteiger partial charge in [-0.05, 0) is 74.1 Å². The molecule has 2 saturated carbocycles. The summed E-state index contributed by atoms with van der Waals surface area (Å²) >= 11 is 1.82. The Bertz CT molecular complexity index is 982. The van der Waals surface area contributed by atoms with Gasteiger partial charge in [-0.25, -0.2) is 8.42 Å². The molecule has 0 radical (unpaired) electrons. The normalized spacial score (nSPS) is 26.3. The molecule has 1 saturated heterocycles. The predicted octanol–water partition coefficient (Wildman–Crippen LogP) is 4.00. The lowest BCUT2D eigenvalue weighted by atomic mass is 9.74. The number of sulfonamides is 1. The van der Waals surface area contributed by atoms with Crippen LogP contribution in [0.1, 0.15) is 32.1 Å². The summed E-state index contributed by atoms with van der Waals surface area (Å²) in [6.45, 7) is 5.59. The summed E-state index contributed by atoms with van der Waals surface area (Å²) in [4.78, 5) is 5.12. The maximum Gasteiger partial charge on any atom is 0.255 e. The molecule has 156 valence electrons. The lowest BCUT2D eigenvalue weighted by molar-refractivity contribution is 0.186. The zero-order valence-corrected chi connectivity index (χ0v) is 18.4. The maximum atomic E-state index is 11.8. The van der Waals surface area contributed by atoms with Crippen LogP contribution in [0, 0.1) is 11.8 Å². The molecular formula is C22H29N3O2S2. The highest BCUT2D eigenvalue weighted by Gasteiger charge is 2.36. The Hall–Kier alpha value is -1.44. The molecule has 1 aromatic carbocycles. The second-order valence-corrected chi connectivity index (χ2v) is 11.6. The van der Waals surface area contributed by atoms with E-state index < -0.39 is 10.0 Å². The summed E-state index contributed by atoms with van der Waals surface area (Å²) in [5, 5.41) is 3.39. The summed E-state index contributed by atoms with van der Waals surface area (Å²) in [6.07, 6.45) is 6.73. The fourth-order valence-corrected chi connectivity index (χ4v) is 6.65. The first kappa shape index (κ1) is 19.5. The Kier molecular flexibility index (Phi) is 5.39. The smallest absolute Gasteiger partial charge is 0.255 e. The zero-order chi connectivity index (χ0) is 19.8. The minimum atomic E-state index is -3.19. The molecule has 2 aromatic rings. The third-order valence-corrected chi connectivity index (χ3v) is 9.29. The van der Waals surface area contributed by atoms with Crippen LogP contribution in [0.3, 0.4) is 0 Å². The molecule has 0 atom stereocenters. The average Bonchev–Trinajstić information content (AvgIpc) is 3.45. The van der Waals surface area contributed by atoms with E-state index in [1.165, 1.54) is 22.2 Å². The van der Waals surface area contributed by atoms with Gasteiger partial charge in [0.1, 0.15) is 0 Å². The van der Waals surface area contributed by atoms with Gasteiger partial charge in [-0.1, -0.05) is 6.07 Å². The second-order valence-electron chi connectivity index (χ2n) is 8.79. The highest BCUT2D eigenvalue weighted by molar-refractivity contribution is 7.91. The molecule has 3 aliphatic rings. The summed E-state index contributed by atoms with van der Waals surface area (Å²) < 4.78 is 28.9. The molecule has 1 aromatic heterocycles. The summed E-state index contributed by atoms with van der Waals surface area (Å²) in [6, 6.07) is 8.88. The molecule has 0 N–H and O–H groups in total. The van der Waals surface area contributed by atoms with E-state index in [-0.39, 0.29) is 5.25 Å². The van der Waals surface area contributed by atoms with E-state index in [9.17, 15) is 8.42 Å². The van der Waals surface area contributed by atoms with Crippen molar-refractivity contribution >= 4 is 43.3 Å². The zero-order valence-electron chi connectivity index (χ0n) is 16.7. The lowest BCUT2D eigenvalue weighted by Gasteiger charge is -2.39. The van der Waals surface area contributed by atoms with Crippen LogP contribution in [0.4, 0.5) is 5.69 Å². The van der Waals surface area contributed by atoms with Crippen LogP contribution in [0.2, 0.25) is 0 Å². The minimum Gasteiger partial charge on any atom is -0.368 e. The van der Waals surface area contributed by atoms with Crippen molar-refractivity contribution in [1.82, 2.24) is 4.90 Å². The molecule has 3 fully saturated rings. The molecule has 5 nitrogen and oxygen atoms in total. The van der Waals surface area contributed by atoms with E-state index in [2.05, 4.69) is 43.8 Å². The van der Waals surface area contributed by atoms with E-state index in [1.807, 2.05) is 11.3 Å². The third-order valence-electron chi connectivity index (χ3n) is 6.68. The first-order valence-corrected chi connectivity index (χ1v) is 13.2. The summed E-state index contributed by atoms with van der Waals surface area (Å²) in [5.41, 5.74) is 1.38. The van der Waals surface area contributed by atoms with Crippen molar-refractivity contribution < 1.29 is 8.42 Å².